The monoisotopic (exact) mass is 273 g/mol. The summed E-state index contributed by atoms with van der Waals surface area (Å²) in [4.78, 5) is 4.58. The van der Waals surface area contributed by atoms with E-state index in [4.69, 9.17) is 9.31 Å². The molecule has 2 heterocycles. The number of aromatic nitrogens is 1. The second kappa shape index (κ2) is 4.57. The molecule has 3 nitrogen and oxygen atoms in total. The first kappa shape index (κ1) is 14.1. The predicted octanol–water partition coefficient (Wildman–Crippen LogP) is 2.64. The predicted molar refractivity (Wildman–Crippen MR) is 81.1 cm³/mol. The van der Waals surface area contributed by atoms with Crippen LogP contribution in [0.1, 0.15) is 51.7 Å². The summed E-state index contributed by atoms with van der Waals surface area (Å²) in [5.74, 6) is 0.887. The highest BCUT2D eigenvalue weighted by molar-refractivity contribution is 6.61. The van der Waals surface area contributed by atoms with Crippen LogP contribution in [-0.2, 0) is 15.7 Å². The van der Waals surface area contributed by atoms with Crippen molar-refractivity contribution in [3.8, 4) is 0 Å². The summed E-state index contributed by atoms with van der Waals surface area (Å²) in [7, 11) is -0.353. The van der Waals surface area contributed by atoms with Crippen LogP contribution in [0.4, 0.5) is 0 Å². The standard InChI is InChI=1S/C16H24BNO2/c1-11-8-14(18-10-13(11)9-12-6-7-12)17-19-15(2,3)16(4,5)20-17/h8,10,12H,6-7,9H2,1-5H3. The van der Waals surface area contributed by atoms with Crippen LogP contribution in [0.3, 0.4) is 0 Å². The van der Waals surface area contributed by atoms with Crippen LogP contribution in [0.2, 0.25) is 0 Å². The smallest absolute Gasteiger partial charge is 0.398 e. The molecule has 1 saturated carbocycles. The molecule has 20 heavy (non-hydrogen) atoms. The molecule has 0 atom stereocenters. The molecule has 4 heteroatoms. The van der Waals surface area contributed by atoms with Crippen molar-refractivity contribution in [3.05, 3.63) is 23.4 Å². The quantitative estimate of drug-likeness (QED) is 0.793. The molecule has 0 N–H and O–H groups in total. The van der Waals surface area contributed by atoms with Gasteiger partial charge in [0, 0.05) is 6.20 Å². The van der Waals surface area contributed by atoms with Crippen LogP contribution in [0, 0.1) is 12.8 Å². The van der Waals surface area contributed by atoms with Gasteiger partial charge in [-0.3, -0.25) is 4.98 Å². The zero-order valence-electron chi connectivity index (χ0n) is 13.2. The van der Waals surface area contributed by atoms with Gasteiger partial charge in [-0.2, -0.15) is 0 Å². The Labute approximate surface area is 122 Å². The fraction of sp³-hybridized carbons (Fsp3) is 0.688. The summed E-state index contributed by atoms with van der Waals surface area (Å²) in [6.45, 7) is 10.4. The van der Waals surface area contributed by atoms with E-state index in [-0.39, 0.29) is 18.3 Å². The third kappa shape index (κ3) is 2.51. The molecule has 1 aromatic rings. The maximum Gasteiger partial charge on any atom is 0.514 e. The number of aryl methyl sites for hydroxylation is 1. The van der Waals surface area contributed by atoms with Crippen LogP contribution in [0.15, 0.2) is 12.3 Å². The lowest BCUT2D eigenvalue weighted by Crippen LogP contribution is -2.41. The summed E-state index contributed by atoms with van der Waals surface area (Å²) < 4.78 is 12.1. The highest BCUT2D eigenvalue weighted by atomic mass is 16.7. The Morgan fingerprint density at radius 2 is 1.80 bits per heavy atom. The van der Waals surface area contributed by atoms with Crippen molar-refractivity contribution in [2.24, 2.45) is 5.92 Å². The third-order valence-corrected chi connectivity index (χ3v) is 4.94. The fourth-order valence-electron chi connectivity index (χ4n) is 2.55. The molecule has 2 fully saturated rings. The molecular weight excluding hydrogens is 249 g/mol. The molecule has 1 aliphatic heterocycles. The van der Waals surface area contributed by atoms with E-state index in [1.54, 1.807) is 0 Å². The van der Waals surface area contributed by atoms with Gasteiger partial charge < -0.3 is 9.31 Å². The molecule has 0 spiro atoms. The average molecular weight is 273 g/mol. The van der Waals surface area contributed by atoms with E-state index in [1.807, 2.05) is 6.20 Å². The second-order valence-corrected chi connectivity index (χ2v) is 7.27. The van der Waals surface area contributed by atoms with Crippen molar-refractivity contribution in [1.82, 2.24) is 4.98 Å². The average Bonchev–Trinajstić information content (AvgIpc) is 3.10. The van der Waals surface area contributed by atoms with Gasteiger partial charge in [-0.25, -0.2) is 0 Å². The summed E-state index contributed by atoms with van der Waals surface area (Å²) in [6.07, 6.45) is 5.92. The lowest BCUT2D eigenvalue weighted by molar-refractivity contribution is 0.00578. The van der Waals surface area contributed by atoms with Gasteiger partial charge in [0.25, 0.3) is 0 Å². The number of pyridine rings is 1. The van der Waals surface area contributed by atoms with Crippen LogP contribution in [-0.4, -0.2) is 23.3 Å². The number of nitrogens with zero attached hydrogens (tertiary/aromatic N) is 1. The van der Waals surface area contributed by atoms with E-state index in [1.165, 1.54) is 30.4 Å². The van der Waals surface area contributed by atoms with Crippen LogP contribution >= 0.6 is 0 Å². The molecule has 1 saturated heterocycles. The van der Waals surface area contributed by atoms with Crippen molar-refractivity contribution in [1.29, 1.82) is 0 Å². The molecule has 1 aliphatic carbocycles. The minimum Gasteiger partial charge on any atom is -0.398 e. The molecule has 108 valence electrons. The Kier molecular flexibility index (Phi) is 3.22. The van der Waals surface area contributed by atoms with Gasteiger partial charge in [0.2, 0.25) is 0 Å². The van der Waals surface area contributed by atoms with Gasteiger partial charge in [0.1, 0.15) is 0 Å². The summed E-state index contributed by atoms with van der Waals surface area (Å²) in [6, 6.07) is 2.12. The third-order valence-electron chi connectivity index (χ3n) is 4.94. The van der Waals surface area contributed by atoms with Gasteiger partial charge in [0.05, 0.1) is 16.8 Å². The van der Waals surface area contributed by atoms with E-state index in [2.05, 4.69) is 45.7 Å². The maximum atomic E-state index is 6.05. The SMILES string of the molecule is Cc1cc(B2OC(C)(C)C(C)(C)O2)ncc1CC1CC1. The maximum absolute atomic E-state index is 6.05. The summed E-state index contributed by atoms with van der Waals surface area (Å²) in [5.41, 5.74) is 2.95. The number of hydrogen-bond acceptors (Lipinski definition) is 3. The van der Waals surface area contributed by atoms with E-state index in [0.29, 0.717) is 0 Å². The van der Waals surface area contributed by atoms with Crippen LogP contribution in [0.25, 0.3) is 0 Å². The first-order chi connectivity index (χ1) is 9.28. The minimum atomic E-state index is -0.353. The van der Waals surface area contributed by atoms with Gasteiger partial charge in [-0.05, 0) is 77.0 Å². The van der Waals surface area contributed by atoms with Crippen molar-refractivity contribution in [2.75, 3.05) is 0 Å². The first-order valence-corrected chi connectivity index (χ1v) is 7.59. The normalized spacial score (nSPS) is 24.1. The number of hydrogen-bond donors (Lipinski definition) is 0. The Hall–Kier alpha value is -0.865. The lowest BCUT2D eigenvalue weighted by atomic mass is 9.83. The Morgan fingerprint density at radius 1 is 1.20 bits per heavy atom. The molecule has 2 aliphatic rings. The van der Waals surface area contributed by atoms with E-state index in [9.17, 15) is 0 Å². The largest absolute Gasteiger partial charge is 0.514 e. The molecule has 0 radical (unpaired) electrons. The van der Waals surface area contributed by atoms with E-state index < -0.39 is 0 Å². The zero-order valence-corrected chi connectivity index (χ0v) is 13.2. The summed E-state index contributed by atoms with van der Waals surface area (Å²) in [5, 5.41) is 0. The van der Waals surface area contributed by atoms with Crippen molar-refractivity contribution in [3.63, 3.8) is 0 Å². The van der Waals surface area contributed by atoms with Crippen molar-refractivity contribution in [2.45, 2.75) is 65.1 Å². The Morgan fingerprint density at radius 3 is 2.30 bits per heavy atom. The number of rotatable bonds is 3. The molecule has 1 aromatic heterocycles. The topological polar surface area (TPSA) is 31.4 Å². The van der Waals surface area contributed by atoms with Crippen LogP contribution < -0.4 is 5.59 Å². The molecule has 0 bridgehead atoms. The molecular formula is C16H24BNO2. The molecule has 0 aromatic carbocycles. The van der Waals surface area contributed by atoms with Gasteiger partial charge >= 0.3 is 7.12 Å². The highest BCUT2D eigenvalue weighted by Gasteiger charge is 2.52. The zero-order chi connectivity index (χ0) is 14.5. The Bertz CT molecular complexity index is 507. The van der Waals surface area contributed by atoms with Crippen molar-refractivity contribution >= 4 is 12.7 Å². The van der Waals surface area contributed by atoms with E-state index >= 15 is 0 Å². The highest BCUT2D eigenvalue weighted by Crippen LogP contribution is 2.36. The Balaban J connectivity index is 1.79. The van der Waals surface area contributed by atoms with Crippen LogP contribution in [0.5, 0.6) is 0 Å². The molecule has 0 amide bonds. The lowest BCUT2D eigenvalue weighted by Gasteiger charge is -2.32. The van der Waals surface area contributed by atoms with Gasteiger partial charge in [-0.1, -0.05) is 0 Å². The minimum absolute atomic E-state index is 0.306. The molecule has 0 unspecified atom stereocenters. The second-order valence-electron chi connectivity index (χ2n) is 7.27. The van der Waals surface area contributed by atoms with Gasteiger partial charge in [-0.15, -0.1) is 0 Å². The summed E-state index contributed by atoms with van der Waals surface area (Å²) >= 11 is 0. The molecule has 3 rings (SSSR count). The van der Waals surface area contributed by atoms with E-state index in [0.717, 1.165) is 11.5 Å². The first-order valence-electron chi connectivity index (χ1n) is 7.59. The fourth-order valence-corrected chi connectivity index (χ4v) is 2.55. The van der Waals surface area contributed by atoms with Gasteiger partial charge in [0.15, 0.2) is 0 Å². The van der Waals surface area contributed by atoms with Crippen molar-refractivity contribution < 1.29 is 9.31 Å².